The molecule has 0 radical (unpaired) electrons. The summed E-state index contributed by atoms with van der Waals surface area (Å²) in [6.07, 6.45) is 1.61. The van der Waals surface area contributed by atoms with Crippen LogP contribution >= 0.6 is 50.8 Å². The molecule has 138 valence electrons. The monoisotopic (exact) mass is 478 g/mol. The van der Waals surface area contributed by atoms with E-state index in [2.05, 4.69) is 48.8 Å². The summed E-state index contributed by atoms with van der Waals surface area (Å²) < 4.78 is 2.64. The van der Waals surface area contributed by atoms with Crippen LogP contribution in [0.4, 0.5) is 0 Å². The van der Waals surface area contributed by atoms with E-state index in [0.29, 0.717) is 0 Å². The summed E-state index contributed by atoms with van der Waals surface area (Å²) >= 11 is 7.89. The van der Waals surface area contributed by atoms with E-state index in [4.69, 9.17) is 0 Å². The maximum absolute atomic E-state index is 11.9. The molecule has 1 N–H and O–H groups in total. The molecule has 0 spiro atoms. The first-order valence-electron chi connectivity index (χ1n) is 7.89. The lowest BCUT2D eigenvalue weighted by atomic mass is 10.2. The highest BCUT2D eigenvalue weighted by Gasteiger charge is 2.08. The van der Waals surface area contributed by atoms with Crippen molar-refractivity contribution in [3.63, 3.8) is 0 Å². The van der Waals surface area contributed by atoms with E-state index in [-0.39, 0.29) is 11.7 Å². The molecular weight excluding hydrogens is 464 g/mol. The van der Waals surface area contributed by atoms with Gasteiger partial charge in [-0.25, -0.2) is 5.43 Å². The van der Waals surface area contributed by atoms with Crippen molar-refractivity contribution in [2.75, 3.05) is 5.75 Å². The van der Waals surface area contributed by atoms with Crippen molar-refractivity contribution in [3.8, 4) is 0 Å². The third-order valence-electron chi connectivity index (χ3n) is 3.17. The first kappa shape index (κ1) is 20.1. The number of amides is 1. The van der Waals surface area contributed by atoms with Crippen molar-refractivity contribution in [1.82, 2.24) is 15.6 Å². The molecule has 0 aliphatic carbocycles. The molecule has 5 nitrogen and oxygen atoms in total. The molecule has 1 heterocycles. The van der Waals surface area contributed by atoms with E-state index in [1.54, 1.807) is 18.0 Å². The molecule has 2 aromatic carbocycles. The van der Waals surface area contributed by atoms with Gasteiger partial charge < -0.3 is 0 Å². The van der Waals surface area contributed by atoms with Crippen molar-refractivity contribution in [2.24, 2.45) is 5.10 Å². The molecule has 0 saturated carbocycles. The van der Waals surface area contributed by atoms with Gasteiger partial charge in [0.2, 0.25) is 0 Å². The largest absolute Gasteiger partial charge is 0.272 e. The zero-order chi connectivity index (χ0) is 18.9. The lowest BCUT2D eigenvalue weighted by Crippen LogP contribution is -2.19. The van der Waals surface area contributed by atoms with Crippen molar-refractivity contribution in [3.05, 3.63) is 70.2 Å². The van der Waals surface area contributed by atoms with Crippen LogP contribution < -0.4 is 5.43 Å². The maximum Gasteiger partial charge on any atom is 0.250 e. The predicted molar refractivity (Wildman–Crippen MR) is 117 cm³/mol. The second-order valence-corrected chi connectivity index (χ2v) is 9.58. The van der Waals surface area contributed by atoms with Crippen molar-refractivity contribution in [1.29, 1.82) is 0 Å². The number of nitrogens with zero attached hydrogens (tertiary/aromatic N) is 3. The van der Waals surface area contributed by atoms with Crippen LogP contribution in [-0.2, 0) is 10.5 Å². The molecule has 0 atom stereocenters. The Kier molecular flexibility index (Phi) is 7.88. The van der Waals surface area contributed by atoms with Crippen LogP contribution in [0.5, 0.6) is 0 Å². The van der Waals surface area contributed by atoms with Gasteiger partial charge in [-0.2, -0.15) is 5.10 Å². The van der Waals surface area contributed by atoms with Gasteiger partial charge >= 0.3 is 0 Å². The highest BCUT2D eigenvalue weighted by atomic mass is 79.9. The highest BCUT2D eigenvalue weighted by molar-refractivity contribution is 9.10. The van der Waals surface area contributed by atoms with Crippen LogP contribution in [0.3, 0.4) is 0 Å². The van der Waals surface area contributed by atoms with Crippen LogP contribution in [0.25, 0.3) is 0 Å². The number of nitrogens with one attached hydrogen (secondary N) is 1. The average molecular weight is 479 g/mol. The predicted octanol–water partition coefficient (Wildman–Crippen LogP) is 4.84. The van der Waals surface area contributed by atoms with E-state index in [9.17, 15) is 4.79 Å². The summed E-state index contributed by atoms with van der Waals surface area (Å²) in [5.41, 5.74) is 4.67. The molecule has 0 bridgehead atoms. The van der Waals surface area contributed by atoms with Gasteiger partial charge in [0.15, 0.2) is 8.68 Å². The topological polar surface area (TPSA) is 67.2 Å². The van der Waals surface area contributed by atoms with E-state index in [1.165, 1.54) is 28.7 Å². The Bertz CT molecular complexity index is 918. The standard InChI is InChI=1S/C18H15BrN4OS3/c19-15-8-4-7-14(9-15)10-20-21-16(24)12-26-18-23-22-17(27-18)25-11-13-5-2-1-3-6-13/h1-10H,11-12H2,(H,21,24). The number of hydrogen-bond acceptors (Lipinski definition) is 7. The van der Waals surface area contributed by atoms with Crippen molar-refractivity contribution < 1.29 is 4.79 Å². The summed E-state index contributed by atoms with van der Waals surface area (Å²) in [7, 11) is 0. The van der Waals surface area contributed by atoms with Crippen molar-refractivity contribution in [2.45, 2.75) is 14.4 Å². The maximum atomic E-state index is 11.9. The first-order valence-corrected chi connectivity index (χ1v) is 11.5. The van der Waals surface area contributed by atoms with Crippen LogP contribution in [0.2, 0.25) is 0 Å². The molecule has 1 amide bonds. The van der Waals surface area contributed by atoms with Gasteiger partial charge in [-0.15, -0.1) is 10.2 Å². The Morgan fingerprint density at radius 2 is 1.89 bits per heavy atom. The molecular formula is C18H15BrN4OS3. The second kappa shape index (κ2) is 10.6. The lowest BCUT2D eigenvalue weighted by Gasteiger charge is -1.98. The SMILES string of the molecule is O=C(CSc1nnc(SCc2ccccc2)s1)NN=Cc1cccc(Br)c1. The number of aromatic nitrogens is 2. The third-order valence-corrected chi connectivity index (χ3v) is 6.93. The lowest BCUT2D eigenvalue weighted by molar-refractivity contribution is -0.118. The van der Waals surface area contributed by atoms with E-state index in [0.717, 1.165) is 24.5 Å². The Labute approximate surface area is 178 Å². The zero-order valence-electron chi connectivity index (χ0n) is 14.0. The molecule has 3 aromatic rings. The van der Waals surface area contributed by atoms with E-state index >= 15 is 0 Å². The van der Waals surface area contributed by atoms with Gasteiger partial charge in [0.05, 0.1) is 12.0 Å². The molecule has 1 aromatic heterocycles. The molecule has 3 rings (SSSR count). The highest BCUT2D eigenvalue weighted by Crippen LogP contribution is 2.30. The summed E-state index contributed by atoms with van der Waals surface area (Å²) in [5.74, 6) is 0.915. The summed E-state index contributed by atoms with van der Waals surface area (Å²) in [6, 6.07) is 17.9. The summed E-state index contributed by atoms with van der Waals surface area (Å²) in [5, 5.41) is 12.3. The average Bonchev–Trinajstić information content (AvgIpc) is 3.14. The number of hydrogen-bond donors (Lipinski definition) is 1. The number of hydrazone groups is 1. The minimum atomic E-state index is -0.181. The smallest absolute Gasteiger partial charge is 0.250 e. The normalized spacial score (nSPS) is 11.0. The Hall–Kier alpha value is -1.68. The third kappa shape index (κ3) is 7.10. The fourth-order valence-electron chi connectivity index (χ4n) is 1.96. The number of carbonyl (C=O) groups excluding carboxylic acids is 1. The fourth-order valence-corrected chi connectivity index (χ4v) is 5.14. The molecule has 0 aliphatic rings. The number of carbonyl (C=O) groups is 1. The Morgan fingerprint density at radius 1 is 1.11 bits per heavy atom. The number of rotatable bonds is 8. The van der Waals surface area contributed by atoms with Gasteiger partial charge in [-0.1, -0.05) is 93.3 Å². The summed E-state index contributed by atoms with van der Waals surface area (Å²) in [6.45, 7) is 0. The number of benzene rings is 2. The van der Waals surface area contributed by atoms with E-state index < -0.39 is 0 Å². The van der Waals surface area contributed by atoms with Gasteiger partial charge in [0.1, 0.15) is 0 Å². The van der Waals surface area contributed by atoms with Crippen molar-refractivity contribution >= 4 is 62.9 Å². The minimum absolute atomic E-state index is 0.181. The second-order valence-electron chi connectivity index (χ2n) is 5.25. The number of halogens is 1. The molecule has 9 heteroatoms. The van der Waals surface area contributed by atoms with Crippen LogP contribution in [-0.4, -0.2) is 28.1 Å². The zero-order valence-corrected chi connectivity index (χ0v) is 18.1. The Morgan fingerprint density at radius 3 is 2.67 bits per heavy atom. The molecule has 0 saturated heterocycles. The fraction of sp³-hybridized carbons (Fsp3) is 0.111. The molecule has 0 unspecified atom stereocenters. The molecule has 0 aliphatic heterocycles. The van der Waals surface area contributed by atoms with Gasteiger partial charge in [0.25, 0.3) is 5.91 Å². The Balaban J connectivity index is 1.40. The van der Waals surface area contributed by atoms with Gasteiger partial charge in [-0.3, -0.25) is 4.79 Å². The van der Waals surface area contributed by atoms with E-state index in [1.807, 2.05) is 42.5 Å². The number of thioether (sulfide) groups is 2. The molecule has 0 fully saturated rings. The summed E-state index contributed by atoms with van der Waals surface area (Å²) in [4.78, 5) is 11.9. The van der Waals surface area contributed by atoms with Crippen LogP contribution in [0.15, 0.2) is 72.9 Å². The van der Waals surface area contributed by atoms with Crippen LogP contribution in [0, 0.1) is 0 Å². The van der Waals surface area contributed by atoms with Crippen LogP contribution in [0.1, 0.15) is 11.1 Å². The molecule has 27 heavy (non-hydrogen) atoms. The quantitative estimate of drug-likeness (QED) is 0.285. The minimum Gasteiger partial charge on any atom is -0.272 e. The van der Waals surface area contributed by atoms with Gasteiger partial charge in [0, 0.05) is 10.2 Å². The van der Waals surface area contributed by atoms with Gasteiger partial charge in [-0.05, 0) is 23.3 Å². The first-order chi connectivity index (χ1) is 13.2.